The van der Waals surface area contributed by atoms with Crippen molar-refractivity contribution < 1.29 is 9.90 Å². The summed E-state index contributed by atoms with van der Waals surface area (Å²) < 4.78 is 0. The SMILES string of the molecule is NC(C(=O)O)c1csc(N2CCCN3CCCC3C2)n1. The van der Waals surface area contributed by atoms with Crippen molar-refractivity contribution in [2.75, 3.05) is 31.1 Å². The maximum Gasteiger partial charge on any atom is 0.326 e. The normalized spacial score (nSPS) is 25.2. The molecule has 6 nitrogen and oxygen atoms in total. The van der Waals surface area contributed by atoms with Crippen molar-refractivity contribution in [3.63, 3.8) is 0 Å². The van der Waals surface area contributed by atoms with Gasteiger partial charge in [-0.05, 0) is 25.8 Å². The van der Waals surface area contributed by atoms with Crippen LogP contribution >= 0.6 is 11.3 Å². The maximum absolute atomic E-state index is 10.9. The van der Waals surface area contributed by atoms with Gasteiger partial charge in [-0.3, -0.25) is 9.69 Å². The van der Waals surface area contributed by atoms with E-state index in [1.54, 1.807) is 5.38 Å². The van der Waals surface area contributed by atoms with Crippen LogP contribution < -0.4 is 10.6 Å². The standard InChI is InChI=1S/C13H20N4O2S/c14-11(12(18)19)10-8-20-13(15-10)17-6-2-5-16-4-1-3-9(16)7-17/h8-9,11H,1-7,14H2,(H,18,19). The number of fused-ring (bicyclic) bond motifs is 1. The molecule has 0 spiro atoms. The first-order valence-corrected chi connectivity index (χ1v) is 7.96. The van der Waals surface area contributed by atoms with Gasteiger partial charge < -0.3 is 15.7 Å². The van der Waals surface area contributed by atoms with Gasteiger partial charge in [-0.1, -0.05) is 0 Å². The molecule has 110 valence electrons. The summed E-state index contributed by atoms with van der Waals surface area (Å²) in [6.07, 6.45) is 3.67. The molecule has 0 aliphatic carbocycles. The van der Waals surface area contributed by atoms with Gasteiger partial charge >= 0.3 is 5.97 Å². The van der Waals surface area contributed by atoms with Gasteiger partial charge in [0.15, 0.2) is 5.13 Å². The summed E-state index contributed by atoms with van der Waals surface area (Å²) in [5, 5.41) is 11.6. The van der Waals surface area contributed by atoms with E-state index in [1.165, 1.54) is 30.7 Å². The lowest BCUT2D eigenvalue weighted by molar-refractivity contribution is -0.138. The quantitative estimate of drug-likeness (QED) is 0.862. The molecule has 2 fully saturated rings. The molecule has 7 heteroatoms. The molecule has 2 aliphatic rings. The molecule has 0 amide bonds. The predicted octanol–water partition coefficient (Wildman–Crippen LogP) is 0.902. The number of carbonyl (C=O) groups is 1. The van der Waals surface area contributed by atoms with Crippen molar-refractivity contribution in [2.45, 2.75) is 31.3 Å². The molecule has 2 saturated heterocycles. The van der Waals surface area contributed by atoms with Crippen molar-refractivity contribution in [2.24, 2.45) is 5.73 Å². The maximum atomic E-state index is 10.9. The molecule has 0 aromatic carbocycles. The van der Waals surface area contributed by atoms with Crippen LogP contribution in [0.1, 0.15) is 31.0 Å². The molecular weight excluding hydrogens is 276 g/mol. The van der Waals surface area contributed by atoms with Crippen molar-refractivity contribution in [1.82, 2.24) is 9.88 Å². The molecule has 2 unspecified atom stereocenters. The Balaban J connectivity index is 1.73. The lowest BCUT2D eigenvalue weighted by Gasteiger charge is -2.25. The third-order valence-corrected chi connectivity index (χ3v) is 5.09. The van der Waals surface area contributed by atoms with Crippen LogP contribution in [-0.2, 0) is 4.79 Å². The summed E-state index contributed by atoms with van der Waals surface area (Å²) in [5.74, 6) is -1.03. The van der Waals surface area contributed by atoms with Gasteiger partial charge in [0, 0.05) is 31.1 Å². The Kier molecular flexibility index (Phi) is 3.91. The van der Waals surface area contributed by atoms with Crippen LogP contribution in [0.15, 0.2) is 5.38 Å². The van der Waals surface area contributed by atoms with Crippen molar-refractivity contribution in [3.05, 3.63) is 11.1 Å². The van der Waals surface area contributed by atoms with Crippen LogP contribution in [0.3, 0.4) is 0 Å². The van der Waals surface area contributed by atoms with Gasteiger partial charge in [0.1, 0.15) is 6.04 Å². The third-order valence-electron chi connectivity index (χ3n) is 4.17. The number of hydrogen-bond acceptors (Lipinski definition) is 6. The number of aromatic nitrogens is 1. The second-order valence-corrected chi connectivity index (χ2v) is 6.34. The molecule has 0 saturated carbocycles. The monoisotopic (exact) mass is 296 g/mol. The number of rotatable bonds is 3. The smallest absolute Gasteiger partial charge is 0.326 e. The predicted molar refractivity (Wildman–Crippen MR) is 78.1 cm³/mol. The van der Waals surface area contributed by atoms with Crippen LogP contribution in [0.25, 0.3) is 0 Å². The number of anilines is 1. The van der Waals surface area contributed by atoms with E-state index in [0.29, 0.717) is 11.7 Å². The highest BCUT2D eigenvalue weighted by Gasteiger charge is 2.30. The largest absolute Gasteiger partial charge is 0.480 e. The van der Waals surface area contributed by atoms with Crippen LogP contribution in [0.4, 0.5) is 5.13 Å². The Hall–Kier alpha value is -1.18. The summed E-state index contributed by atoms with van der Waals surface area (Å²) in [7, 11) is 0. The van der Waals surface area contributed by atoms with Crippen LogP contribution in [-0.4, -0.2) is 53.2 Å². The average Bonchev–Trinajstić information content (AvgIpc) is 3.03. The minimum atomic E-state index is -1.03. The summed E-state index contributed by atoms with van der Waals surface area (Å²) in [6.45, 7) is 4.36. The molecule has 1 aromatic heterocycles. The topological polar surface area (TPSA) is 82.7 Å². The van der Waals surface area contributed by atoms with E-state index in [4.69, 9.17) is 10.8 Å². The Morgan fingerprint density at radius 1 is 1.45 bits per heavy atom. The number of carboxylic acid groups (broad SMARTS) is 1. The molecule has 0 bridgehead atoms. The van der Waals surface area contributed by atoms with Gasteiger partial charge in [-0.15, -0.1) is 11.3 Å². The molecule has 1 aromatic rings. The van der Waals surface area contributed by atoms with E-state index in [9.17, 15) is 4.79 Å². The number of carboxylic acids is 1. The summed E-state index contributed by atoms with van der Waals surface area (Å²) in [5.41, 5.74) is 6.08. The number of hydrogen-bond donors (Lipinski definition) is 2. The van der Waals surface area contributed by atoms with Gasteiger partial charge in [0.2, 0.25) is 0 Å². The van der Waals surface area contributed by atoms with E-state index < -0.39 is 12.0 Å². The van der Waals surface area contributed by atoms with Crippen LogP contribution in [0.2, 0.25) is 0 Å². The first kappa shape index (κ1) is 13.8. The third kappa shape index (κ3) is 2.65. The van der Waals surface area contributed by atoms with E-state index in [-0.39, 0.29) is 0 Å². The zero-order chi connectivity index (χ0) is 14.1. The summed E-state index contributed by atoms with van der Waals surface area (Å²) >= 11 is 1.50. The fourth-order valence-corrected chi connectivity index (χ4v) is 3.97. The lowest BCUT2D eigenvalue weighted by Crippen LogP contribution is -2.36. The Bertz CT molecular complexity index is 492. The van der Waals surface area contributed by atoms with Crippen molar-refractivity contribution >= 4 is 22.4 Å². The van der Waals surface area contributed by atoms with Crippen molar-refractivity contribution in [1.29, 1.82) is 0 Å². The first-order valence-electron chi connectivity index (χ1n) is 7.08. The van der Waals surface area contributed by atoms with E-state index in [2.05, 4.69) is 14.8 Å². The molecule has 3 N–H and O–H groups in total. The van der Waals surface area contributed by atoms with Gasteiger partial charge in [-0.25, -0.2) is 4.98 Å². The minimum Gasteiger partial charge on any atom is -0.480 e. The highest BCUT2D eigenvalue weighted by Crippen LogP contribution is 2.28. The Morgan fingerprint density at radius 3 is 3.05 bits per heavy atom. The molecule has 2 aliphatic heterocycles. The lowest BCUT2D eigenvalue weighted by atomic mass is 10.2. The second-order valence-electron chi connectivity index (χ2n) is 5.50. The molecule has 3 heterocycles. The molecule has 2 atom stereocenters. The minimum absolute atomic E-state index is 0.463. The molecule has 3 rings (SSSR count). The van der Waals surface area contributed by atoms with Gasteiger partial charge in [0.05, 0.1) is 5.69 Å². The van der Waals surface area contributed by atoms with E-state index >= 15 is 0 Å². The zero-order valence-electron chi connectivity index (χ0n) is 11.4. The highest BCUT2D eigenvalue weighted by atomic mass is 32.1. The van der Waals surface area contributed by atoms with Crippen LogP contribution in [0.5, 0.6) is 0 Å². The summed E-state index contributed by atoms with van der Waals surface area (Å²) in [4.78, 5) is 20.2. The van der Waals surface area contributed by atoms with Crippen LogP contribution in [0, 0.1) is 0 Å². The number of nitrogens with two attached hydrogens (primary N) is 1. The van der Waals surface area contributed by atoms with Gasteiger partial charge in [0.25, 0.3) is 0 Å². The molecular formula is C13H20N4O2S. The number of aliphatic carboxylic acids is 1. The average molecular weight is 296 g/mol. The summed E-state index contributed by atoms with van der Waals surface area (Å²) in [6, 6.07) is -0.395. The molecule has 0 radical (unpaired) electrons. The van der Waals surface area contributed by atoms with Gasteiger partial charge in [-0.2, -0.15) is 0 Å². The Labute approximate surface area is 122 Å². The fourth-order valence-electron chi connectivity index (χ4n) is 3.07. The second kappa shape index (κ2) is 5.67. The van der Waals surface area contributed by atoms with E-state index in [1.807, 2.05) is 0 Å². The number of nitrogens with zero attached hydrogens (tertiary/aromatic N) is 3. The Morgan fingerprint density at radius 2 is 2.25 bits per heavy atom. The number of thiazole rings is 1. The first-order chi connectivity index (χ1) is 9.65. The fraction of sp³-hybridized carbons (Fsp3) is 0.692. The highest BCUT2D eigenvalue weighted by molar-refractivity contribution is 7.13. The molecule has 20 heavy (non-hydrogen) atoms. The van der Waals surface area contributed by atoms with Crippen molar-refractivity contribution in [3.8, 4) is 0 Å². The van der Waals surface area contributed by atoms with E-state index in [0.717, 1.165) is 31.2 Å². The zero-order valence-corrected chi connectivity index (χ0v) is 12.2.